The van der Waals surface area contributed by atoms with Crippen LogP contribution in [0.4, 0.5) is 0 Å². The van der Waals surface area contributed by atoms with E-state index in [1.165, 1.54) is 12.8 Å². The number of hydrogen-bond acceptors (Lipinski definition) is 4. The largest absolute Gasteiger partial charge is 0.289 e. The molecule has 2 rings (SSSR count). The van der Waals surface area contributed by atoms with E-state index in [0.717, 1.165) is 19.5 Å². The van der Waals surface area contributed by atoms with Crippen molar-refractivity contribution in [2.45, 2.75) is 31.3 Å². The molecular weight excluding hydrogens is 188 g/mol. The minimum Gasteiger partial charge on any atom is -0.289 e. The fraction of sp³-hybridized carbons (Fsp3) is 0.818. The van der Waals surface area contributed by atoms with Crippen molar-refractivity contribution in [2.75, 3.05) is 26.2 Å². The molecule has 1 aliphatic carbocycles. The summed E-state index contributed by atoms with van der Waals surface area (Å²) >= 11 is 0. The van der Waals surface area contributed by atoms with Gasteiger partial charge >= 0.3 is 0 Å². The first-order valence-corrected chi connectivity index (χ1v) is 5.57. The molecule has 1 atom stereocenters. The van der Waals surface area contributed by atoms with Crippen LogP contribution in [-0.2, 0) is 0 Å². The Bertz CT molecular complexity index is 297. The summed E-state index contributed by atoms with van der Waals surface area (Å²) in [6.07, 6.45) is 3.60. The maximum Gasteiger partial charge on any atom is 0.0871 e. The van der Waals surface area contributed by atoms with Crippen LogP contribution in [0.1, 0.15) is 19.3 Å². The Morgan fingerprint density at radius 3 is 2.53 bits per heavy atom. The van der Waals surface area contributed by atoms with E-state index in [0.29, 0.717) is 25.2 Å². The normalized spacial score (nSPS) is 26.5. The number of hydrogen-bond donors (Lipinski definition) is 0. The smallest absolute Gasteiger partial charge is 0.0871 e. The van der Waals surface area contributed by atoms with E-state index in [4.69, 9.17) is 10.5 Å². The first kappa shape index (κ1) is 10.4. The summed E-state index contributed by atoms with van der Waals surface area (Å²) in [5.41, 5.74) is 0. The molecule has 1 aliphatic heterocycles. The molecule has 0 radical (unpaired) electrons. The van der Waals surface area contributed by atoms with E-state index in [1.807, 2.05) is 0 Å². The van der Waals surface area contributed by atoms with Gasteiger partial charge in [-0.05, 0) is 19.3 Å². The molecule has 0 unspecified atom stereocenters. The van der Waals surface area contributed by atoms with Gasteiger partial charge in [-0.25, -0.2) is 0 Å². The van der Waals surface area contributed by atoms with E-state index >= 15 is 0 Å². The lowest BCUT2D eigenvalue weighted by molar-refractivity contribution is 0.208. The Labute approximate surface area is 90.7 Å². The summed E-state index contributed by atoms with van der Waals surface area (Å²) in [6, 6.07) is 5.60. The maximum atomic E-state index is 8.79. The van der Waals surface area contributed by atoms with Crippen molar-refractivity contribution in [1.82, 2.24) is 9.80 Å². The van der Waals surface area contributed by atoms with E-state index in [-0.39, 0.29) is 0 Å². The van der Waals surface area contributed by atoms with Crippen molar-refractivity contribution in [1.29, 1.82) is 10.5 Å². The van der Waals surface area contributed by atoms with Crippen molar-refractivity contribution in [2.24, 2.45) is 0 Å². The second-order valence-electron chi connectivity index (χ2n) is 4.40. The summed E-state index contributed by atoms with van der Waals surface area (Å²) in [5.74, 6) is 0. The van der Waals surface area contributed by atoms with Crippen LogP contribution in [0.3, 0.4) is 0 Å². The third-order valence-corrected chi connectivity index (χ3v) is 3.28. The predicted molar refractivity (Wildman–Crippen MR) is 55.8 cm³/mol. The van der Waals surface area contributed by atoms with Crippen molar-refractivity contribution in [3.8, 4) is 12.1 Å². The molecule has 1 saturated heterocycles. The number of rotatable bonds is 4. The molecule has 0 aromatic heterocycles. The Hall–Kier alpha value is -1.10. The molecular formula is C11H16N4. The minimum atomic E-state index is 0.505. The molecule has 1 heterocycles. The molecule has 0 N–H and O–H groups in total. The van der Waals surface area contributed by atoms with Crippen LogP contribution in [0.25, 0.3) is 0 Å². The SMILES string of the molecule is N#CCN1CC[C@@H](N(CC#N)C2CC2)C1. The molecule has 0 amide bonds. The third-order valence-electron chi connectivity index (χ3n) is 3.28. The topological polar surface area (TPSA) is 54.1 Å². The van der Waals surface area contributed by atoms with E-state index in [1.54, 1.807) is 0 Å². The highest BCUT2D eigenvalue weighted by Crippen LogP contribution is 2.30. The van der Waals surface area contributed by atoms with Gasteiger partial charge in [0, 0.05) is 25.2 Å². The van der Waals surface area contributed by atoms with Gasteiger partial charge in [-0.3, -0.25) is 9.80 Å². The van der Waals surface area contributed by atoms with Crippen LogP contribution < -0.4 is 0 Å². The molecule has 0 aromatic carbocycles. The van der Waals surface area contributed by atoms with Crippen LogP contribution in [0, 0.1) is 22.7 Å². The second-order valence-corrected chi connectivity index (χ2v) is 4.40. The standard InChI is InChI=1S/C11H16N4/c12-4-7-14-6-3-11(9-14)15(8-5-13)10-1-2-10/h10-11H,1-3,6-9H2/t11-/m1/s1. The Morgan fingerprint density at radius 2 is 1.93 bits per heavy atom. The monoisotopic (exact) mass is 204 g/mol. The molecule has 1 saturated carbocycles. The fourth-order valence-electron chi connectivity index (χ4n) is 2.37. The molecule has 0 bridgehead atoms. The summed E-state index contributed by atoms with van der Waals surface area (Å²) in [5, 5.41) is 17.4. The van der Waals surface area contributed by atoms with Gasteiger partial charge in [0.2, 0.25) is 0 Å². The van der Waals surface area contributed by atoms with Crippen LogP contribution in [-0.4, -0.2) is 48.1 Å². The molecule has 4 heteroatoms. The van der Waals surface area contributed by atoms with Gasteiger partial charge in [0.25, 0.3) is 0 Å². The minimum absolute atomic E-state index is 0.505. The number of nitrogens with zero attached hydrogens (tertiary/aromatic N) is 4. The van der Waals surface area contributed by atoms with Gasteiger partial charge in [0.05, 0.1) is 25.2 Å². The van der Waals surface area contributed by atoms with Crippen molar-refractivity contribution in [3.63, 3.8) is 0 Å². The van der Waals surface area contributed by atoms with Gasteiger partial charge in [-0.1, -0.05) is 0 Å². The van der Waals surface area contributed by atoms with Crippen molar-refractivity contribution >= 4 is 0 Å². The number of nitriles is 2. The highest BCUT2D eigenvalue weighted by atomic mass is 15.3. The van der Waals surface area contributed by atoms with Crippen LogP contribution in [0.5, 0.6) is 0 Å². The van der Waals surface area contributed by atoms with Crippen LogP contribution >= 0.6 is 0 Å². The van der Waals surface area contributed by atoms with Crippen molar-refractivity contribution < 1.29 is 0 Å². The van der Waals surface area contributed by atoms with Gasteiger partial charge in [-0.2, -0.15) is 10.5 Å². The molecule has 0 aromatic rings. The first-order chi connectivity index (χ1) is 7.35. The van der Waals surface area contributed by atoms with E-state index in [9.17, 15) is 0 Å². The quantitative estimate of drug-likeness (QED) is 0.628. The van der Waals surface area contributed by atoms with Crippen molar-refractivity contribution in [3.05, 3.63) is 0 Å². The zero-order chi connectivity index (χ0) is 10.7. The lowest BCUT2D eigenvalue weighted by atomic mass is 10.2. The third kappa shape index (κ3) is 2.47. The maximum absolute atomic E-state index is 8.79. The summed E-state index contributed by atoms with van der Waals surface area (Å²) < 4.78 is 0. The average Bonchev–Trinajstić information content (AvgIpc) is 2.96. The summed E-state index contributed by atoms with van der Waals surface area (Å²) in [7, 11) is 0. The first-order valence-electron chi connectivity index (χ1n) is 5.57. The van der Waals surface area contributed by atoms with Gasteiger partial charge in [0.15, 0.2) is 0 Å². The summed E-state index contributed by atoms with van der Waals surface area (Å²) in [4.78, 5) is 4.51. The zero-order valence-corrected chi connectivity index (χ0v) is 8.89. The Kier molecular flexibility index (Phi) is 3.20. The molecule has 80 valence electrons. The molecule has 2 aliphatic rings. The summed E-state index contributed by atoms with van der Waals surface area (Å²) in [6.45, 7) is 3.05. The molecule has 4 nitrogen and oxygen atoms in total. The highest BCUT2D eigenvalue weighted by Gasteiger charge is 2.36. The number of likely N-dealkylation sites (tertiary alicyclic amines) is 1. The Balaban J connectivity index is 1.87. The average molecular weight is 204 g/mol. The second kappa shape index (κ2) is 4.61. The molecule has 0 spiro atoms. The predicted octanol–water partition coefficient (Wildman–Crippen LogP) is 0.572. The van der Waals surface area contributed by atoms with Crippen LogP contribution in [0.15, 0.2) is 0 Å². The van der Waals surface area contributed by atoms with Gasteiger partial charge in [0.1, 0.15) is 0 Å². The van der Waals surface area contributed by atoms with Gasteiger partial charge < -0.3 is 0 Å². The van der Waals surface area contributed by atoms with Gasteiger partial charge in [-0.15, -0.1) is 0 Å². The highest BCUT2D eigenvalue weighted by molar-refractivity contribution is 4.97. The Morgan fingerprint density at radius 1 is 1.13 bits per heavy atom. The van der Waals surface area contributed by atoms with Crippen LogP contribution in [0.2, 0.25) is 0 Å². The molecule has 15 heavy (non-hydrogen) atoms. The lowest BCUT2D eigenvalue weighted by Gasteiger charge is -2.26. The zero-order valence-electron chi connectivity index (χ0n) is 8.89. The lowest BCUT2D eigenvalue weighted by Crippen LogP contribution is -2.39. The fourth-order valence-corrected chi connectivity index (χ4v) is 2.37. The van der Waals surface area contributed by atoms with E-state index in [2.05, 4.69) is 21.9 Å². The van der Waals surface area contributed by atoms with E-state index < -0.39 is 0 Å². The molecule has 2 fully saturated rings.